The van der Waals surface area contributed by atoms with Crippen molar-refractivity contribution < 1.29 is 9.53 Å². The van der Waals surface area contributed by atoms with Crippen molar-refractivity contribution in [3.63, 3.8) is 0 Å². The maximum Gasteiger partial charge on any atom is 0.330 e. The van der Waals surface area contributed by atoms with E-state index < -0.39 is 11.2 Å². The fourth-order valence-corrected chi connectivity index (χ4v) is 4.43. The number of amides is 1. The zero-order chi connectivity index (χ0) is 24.3. The minimum absolute atomic E-state index is 0.0126. The Hall–Kier alpha value is -2.91. The van der Waals surface area contributed by atoms with Gasteiger partial charge in [0, 0.05) is 19.6 Å². The van der Waals surface area contributed by atoms with E-state index in [-0.39, 0.29) is 48.1 Å². The van der Waals surface area contributed by atoms with Gasteiger partial charge in [-0.15, -0.1) is 0 Å². The molecule has 1 atom stereocenters. The minimum Gasteiger partial charge on any atom is -0.383 e. The lowest BCUT2D eigenvalue weighted by Crippen LogP contribution is -2.55. The highest BCUT2D eigenvalue weighted by Gasteiger charge is 2.34. The standard InChI is InChI=1S/C24H35N5O4/c1-16(2)11-28(19(30)14-27-12-17(3)33-24(4,5)15-27)20-21(25)29(23(32)26-22(20)31)13-18-9-7-6-8-10-18/h6-10,16-17H,11-15,25H2,1-5H3,(H,26,31,32). The molecule has 1 amide bonds. The number of aromatic amines is 1. The minimum atomic E-state index is -0.661. The first-order valence-electron chi connectivity index (χ1n) is 11.3. The van der Waals surface area contributed by atoms with Crippen LogP contribution in [-0.2, 0) is 16.1 Å². The topological polar surface area (TPSA) is 114 Å². The summed E-state index contributed by atoms with van der Waals surface area (Å²) in [5.74, 6) is -0.171. The van der Waals surface area contributed by atoms with Gasteiger partial charge in [0.05, 0.1) is 24.8 Å². The van der Waals surface area contributed by atoms with E-state index in [2.05, 4.69) is 4.98 Å². The molecule has 2 heterocycles. The molecule has 1 aliphatic rings. The van der Waals surface area contributed by atoms with E-state index in [1.165, 1.54) is 9.47 Å². The number of benzene rings is 1. The van der Waals surface area contributed by atoms with Crippen molar-refractivity contribution in [1.29, 1.82) is 0 Å². The van der Waals surface area contributed by atoms with Gasteiger partial charge in [-0.3, -0.25) is 24.0 Å². The van der Waals surface area contributed by atoms with Gasteiger partial charge in [0.2, 0.25) is 5.91 Å². The van der Waals surface area contributed by atoms with Crippen LogP contribution < -0.4 is 21.9 Å². The fourth-order valence-electron chi connectivity index (χ4n) is 4.43. The predicted molar refractivity (Wildman–Crippen MR) is 130 cm³/mol. The van der Waals surface area contributed by atoms with Crippen molar-refractivity contribution >= 4 is 17.4 Å². The number of carbonyl (C=O) groups excluding carboxylic acids is 1. The van der Waals surface area contributed by atoms with E-state index in [0.717, 1.165) is 5.56 Å². The number of ether oxygens (including phenoxy) is 1. The van der Waals surface area contributed by atoms with Crippen LogP contribution in [-0.4, -0.2) is 58.2 Å². The maximum absolute atomic E-state index is 13.5. The Kier molecular flexibility index (Phi) is 7.44. The number of morpholine rings is 1. The van der Waals surface area contributed by atoms with Crippen LogP contribution in [0.1, 0.15) is 40.2 Å². The molecule has 1 fully saturated rings. The Bertz CT molecular complexity index is 1090. The Morgan fingerprint density at radius 3 is 2.55 bits per heavy atom. The maximum atomic E-state index is 13.5. The van der Waals surface area contributed by atoms with Gasteiger partial charge in [0.25, 0.3) is 5.56 Å². The summed E-state index contributed by atoms with van der Waals surface area (Å²) in [6, 6.07) is 9.35. The number of hydrogen-bond acceptors (Lipinski definition) is 6. The predicted octanol–water partition coefficient (Wildman–Crippen LogP) is 1.66. The summed E-state index contributed by atoms with van der Waals surface area (Å²) >= 11 is 0. The number of anilines is 2. The summed E-state index contributed by atoms with van der Waals surface area (Å²) in [6.45, 7) is 11.7. The Morgan fingerprint density at radius 1 is 1.27 bits per heavy atom. The number of aromatic nitrogens is 2. The number of H-pyrrole nitrogens is 1. The second-order valence-electron chi connectivity index (χ2n) is 9.82. The summed E-state index contributed by atoms with van der Waals surface area (Å²) < 4.78 is 7.24. The average molecular weight is 458 g/mol. The lowest BCUT2D eigenvalue weighted by atomic mass is 10.1. The van der Waals surface area contributed by atoms with Crippen LogP contribution in [0.25, 0.3) is 0 Å². The number of nitrogen functional groups attached to an aromatic ring is 1. The molecule has 1 saturated heterocycles. The van der Waals surface area contributed by atoms with E-state index in [1.807, 2.05) is 69.9 Å². The molecule has 1 aliphatic heterocycles. The van der Waals surface area contributed by atoms with E-state index in [9.17, 15) is 14.4 Å². The molecule has 0 radical (unpaired) electrons. The molecule has 0 aliphatic carbocycles. The third-order valence-corrected chi connectivity index (χ3v) is 5.52. The molecule has 2 aromatic rings. The lowest BCUT2D eigenvalue weighted by Gasteiger charge is -2.42. The van der Waals surface area contributed by atoms with Crippen LogP contribution in [0.2, 0.25) is 0 Å². The van der Waals surface area contributed by atoms with Crippen LogP contribution in [0.15, 0.2) is 39.9 Å². The van der Waals surface area contributed by atoms with Crippen LogP contribution in [0.3, 0.4) is 0 Å². The van der Waals surface area contributed by atoms with Gasteiger partial charge in [-0.05, 0) is 32.3 Å². The molecular formula is C24H35N5O4. The van der Waals surface area contributed by atoms with E-state index >= 15 is 0 Å². The van der Waals surface area contributed by atoms with Gasteiger partial charge in [-0.1, -0.05) is 44.2 Å². The first kappa shape index (κ1) is 24.7. The van der Waals surface area contributed by atoms with Crippen LogP contribution in [0.5, 0.6) is 0 Å². The van der Waals surface area contributed by atoms with Crippen molar-refractivity contribution in [2.24, 2.45) is 5.92 Å². The quantitative estimate of drug-likeness (QED) is 0.654. The van der Waals surface area contributed by atoms with Crippen molar-refractivity contribution in [2.75, 3.05) is 36.8 Å². The molecular weight excluding hydrogens is 422 g/mol. The molecule has 1 aromatic heterocycles. The Morgan fingerprint density at radius 2 is 1.94 bits per heavy atom. The summed E-state index contributed by atoms with van der Waals surface area (Å²) in [7, 11) is 0. The number of hydrogen-bond donors (Lipinski definition) is 2. The second kappa shape index (κ2) is 9.93. The Balaban J connectivity index is 1.96. The highest BCUT2D eigenvalue weighted by Crippen LogP contribution is 2.23. The van der Waals surface area contributed by atoms with Crippen molar-refractivity contribution in [2.45, 2.75) is 52.9 Å². The van der Waals surface area contributed by atoms with Gasteiger partial charge in [0.1, 0.15) is 5.82 Å². The van der Waals surface area contributed by atoms with Crippen LogP contribution in [0.4, 0.5) is 11.5 Å². The molecule has 0 bridgehead atoms. The molecule has 1 aromatic carbocycles. The SMILES string of the molecule is CC(C)CN(C(=O)CN1CC(C)OC(C)(C)C1)c1c(N)n(Cc2ccccc2)c(=O)[nH]c1=O. The summed E-state index contributed by atoms with van der Waals surface area (Å²) in [6.07, 6.45) is -0.0126. The van der Waals surface area contributed by atoms with Gasteiger partial charge in [0.15, 0.2) is 5.69 Å². The third kappa shape index (κ3) is 6.11. The van der Waals surface area contributed by atoms with Gasteiger partial charge in [-0.2, -0.15) is 0 Å². The first-order chi connectivity index (χ1) is 15.5. The van der Waals surface area contributed by atoms with Gasteiger partial charge in [-0.25, -0.2) is 4.79 Å². The molecule has 9 heteroatoms. The molecule has 0 saturated carbocycles. The number of nitrogens with two attached hydrogens (primary N) is 1. The average Bonchev–Trinajstić information content (AvgIpc) is 2.69. The lowest BCUT2D eigenvalue weighted by molar-refractivity contribution is -0.138. The number of rotatable bonds is 7. The molecule has 9 nitrogen and oxygen atoms in total. The highest BCUT2D eigenvalue weighted by molar-refractivity contribution is 5.96. The molecule has 1 unspecified atom stereocenters. The molecule has 3 N–H and O–H groups in total. The second-order valence-corrected chi connectivity index (χ2v) is 9.82. The fraction of sp³-hybridized carbons (Fsp3) is 0.542. The van der Waals surface area contributed by atoms with Crippen molar-refractivity contribution in [3.05, 3.63) is 56.7 Å². The largest absolute Gasteiger partial charge is 0.383 e. The first-order valence-corrected chi connectivity index (χ1v) is 11.3. The normalized spacial score (nSPS) is 18.4. The molecule has 0 spiro atoms. The molecule has 180 valence electrons. The smallest absolute Gasteiger partial charge is 0.330 e. The summed E-state index contributed by atoms with van der Waals surface area (Å²) in [4.78, 5) is 44.7. The zero-order valence-corrected chi connectivity index (χ0v) is 20.1. The molecule has 33 heavy (non-hydrogen) atoms. The highest BCUT2D eigenvalue weighted by atomic mass is 16.5. The van der Waals surface area contributed by atoms with E-state index in [0.29, 0.717) is 19.6 Å². The number of nitrogens with one attached hydrogen (secondary N) is 1. The van der Waals surface area contributed by atoms with E-state index in [1.54, 1.807) is 0 Å². The number of carbonyl (C=O) groups is 1. The van der Waals surface area contributed by atoms with Gasteiger partial charge < -0.3 is 15.4 Å². The Labute approximate surface area is 194 Å². The van der Waals surface area contributed by atoms with Crippen molar-refractivity contribution in [1.82, 2.24) is 14.5 Å². The monoisotopic (exact) mass is 457 g/mol. The third-order valence-electron chi connectivity index (χ3n) is 5.52. The zero-order valence-electron chi connectivity index (χ0n) is 20.1. The number of nitrogens with zero attached hydrogens (tertiary/aromatic N) is 3. The van der Waals surface area contributed by atoms with Crippen molar-refractivity contribution in [3.8, 4) is 0 Å². The summed E-state index contributed by atoms with van der Waals surface area (Å²) in [5.41, 5.74) is 5.60. The van der Waals surface area contributed by atoms with Gasteiger partial charge >= 0.3 is 5.69 Å². The van der Waals surface area contributed by atoms with Crippen LogP contribution in [0, 0.1) is 5.92 Å². The summed E-state index contributed by atoms with van der Waals surface area (Å²) in [5, 5.41) is 0. The molecule has 3 rings (SSSR count). The van der Waals surface area contributed by atoms with E-state index in [4.69, 9.17) is 10.5 Å². The van der Waals surface area contributed by atoms with Crippen LogP contribution >= 0.6 is 0 Å².